The summed E-state index contributed by atoms with van der Waals surface area (Å²) in [5.41, 5.74) is 1.97. The van der Waals surface area contributed by atoms with Crippen molar-refractivity contribution in [1.82, 2.24) is 0 Å². The highest BCUT2D eigenvalue weighted by Gasteiger charge is 2.26. The number of thioether (sulfide) groups is 1. The smallest absolute Gasteiger partial charge is 0.165 e. The highest BCUT2D eigenvalue weighted by atomic mass is 35.5. The van der Waals surface area contributed by atoms with E-state index in [4.69, 9.17) is 11.6 Å². The number of halogens is 1. The number of hydrogen-bond acceptors (Lipinski definition) is 2. The summed E-state index contributed by atoms with van der Waals surface area (Å²) in [6.45, 7) is 0. The number of carbonyl (C=O) groups is 1. The highest BCUT2D eigenvalue weighted by molar-refractivity contribution is 7.99. The topological polar surface area (TPSA) is 17.1 Å². The molecule has 2 aromatic carbocycles. The fourth-order valence-electron chi connectivity index (χ4n) is 2.17. The molecule has 2 aromatic rings. The Balaban J connectivity index is 1.97. The first-order chi connectivity index (χ1) is 8.74. The van der Waals surface area contributed by atoms with Crippen LogP contribution in [0.2, 0.25) is 5.02 Å². The van der Waals surface area contributed by atoms with Gasteiger partial charge in [0.2, 0.25) is 0 Å². The molecule has 3 rings (SSSR count). The quantitative estimate of drug-likeness (QED) is 0.746. The number of Topliss-reactive ketones (excluding diaryl/α,β-unsaturated/α-hetero) is 1. The molecule has 1 unspecified atom stereocenters. The Morgan fingerprint density at radius 1 is 1.11 bits per heavy atom. The zero-order valence-corrected chi connectivity index (χ0v) is 11.2. The molecule has 0 saturated carbocycles. The van der Waals surface area contributed by atoms with Crippen LogP contribution in [-0.2, 0) is 0 Å². The number of benzene rings is 2. The van der Waals surface area contributed by atoms with E-state index in [0.717, 1.165) is 21.0 Å². The van der Waals surface area contributed by atoms with Crippen molar-refractivity contribution >= 4 is 29.1 Å². The van der Waals surface area contributed by atoms with Crippen molar-refractivity contribution in [3.63, 3.8) is 0 Å². The van der Waals surface area contributed by atoms with E-state index < -0.39 is 0 Å². The van der Waals surface area contributed by atoms with E-state index in [2.05, 4.69) is 0 Å². The first-order valence-electron chi connectivity index (χ1n) is 5.78. The molecule has 1 aliphatic heterocycles. The van der Waals surface area contributed by atoms with E-state index in [1.54, 1.807) is 11.8 Å². The Labute approximate surface area is 115 Å². The van der Waals surface area contributed by atoms with Crippen LogP contribution >= 0.6 is 23.4 Å². The third kappa shape index (κ3) is 2.18. The molecular formula is C15H11ClOS. The average Bonchev–Trinajstić information content (AvgIpc) is 2.39. The Morgan fingerprint density at radius 2 is 1.94 bits per heavy atom. The maximum atomic E-state index is 12.1. The van der Waals surface area contributed by atoms with Gasteiger partial charge in [0.05, 0.1) is 0 Å². The average molecular weight is 275 g/mol. The molecule has 1 atom stereocenters. The van der Waals surface area contributed by atoms with Crippen molar-refractivity contribution < 1.29 is 4.79 Å². The van der Waals surface area contributed by atoms with Crippen LogP contribution in [0, 0.1) is 0 Å². The second kappa shape index (κ2) is 4.79. The summed E-state index contributed by atoms with van der Waals surface area (Å²) in [5, 5.41) is 0.894. The molecule has 1 aliphatic rings. The molecule has 18 heavy (non-hydrogen) atoms. The zero-order valence-electron chi connectivity index (χ0n) is 9.60. The molecule has 0 aromatic heterocycles. The molecule has 90 valence electrons. The van der Waals surface area contributed by atoms with Crippen LogP contribution in [0.15, 0.2) is 53.4 Å². The van der Waals surface area contributed by atoms with E-state index in [1.807, 2.05) is 48.5 Å². The van der Waals surface area contributed by atoms with Gasteiger partial charge in [0.15, 0.2) is 5.78 Å². The summed E-state index contributed by atoms with van der Waals surface area (Å²) in [6.07, 6.45) is 0.544. The maximum absolute atomic E-state index is 12.1. The van der Waals surface area contributed by atoms with Gasteiger partial charge in [0.25, 0.3) is 0 Å². The number of rotatable bonds is 1. The molecule has 0 saturated heterocycles. The Kier molecular flexibility index (Phi) is 3.14. The van der Waals surface area contributed by atoms with Crippen LogP contribution < -0.4 is 0 Å². The molecule has 1 nitrogen and oxygen atoms in total. The van der Waals surface area contributed by atoms with E-state index >= 15 is 0 Å². The largest absolute Gasteiger partial charge is 0.294 e. The van der Waals surface area contributed by atoms with Gasteiger partial charge >= 0.3 is 0 Å². The van der Waals surface area contributed by atoms with E-state index in [9.17, 15) is 4.79 Å². The standard InChI is InChI=1S/C15H11ClOS/c16-11-5-3-4-10(8-11)15-9-13(17)12-6-1-2-7-14(12)18-15/h1-8,15H,9H2. The summed E-state index contributed by atoms with van der Waals surface area (Å²) in [6, 6.07) is 15.6. The molecule has 0 radical (unpaired) electrons. The first-order valence-corrected chi connectivity index (χ1v) is 7.04. The summed E-state index contributed by atoms with van der Waals surface area (Å²) < 4.78 is 0. The molecule has 0 N–H and O–H groups in total. The van der Waals surface area contributed by atoms with Gasteiger partial charge in [-0.25, -0.2) is 0 Å². The molecule has 1 heterocycles. The SMILES string of the molecule is O=C1CC(c2cccc(Cl)c2)Sc2ccccc21. The van der Waals surface area contributed by atoms with Crippen molar-refractivity contribution in [2.75, 3.05) is 0 Å². The Hall–Kier alpha value is -1.25. The molecule has 0 bridgehead atoms. The van der Waals surface area contributed by atoms with Gasteiger partial charge in [0.1, 0.15) is 0 Å². The molecule has 0 fully saturated rings. The van der Waals surface area contributed by atoms with Crippen LogP contribution in [0.3, 0.4) is 0 Å². The molecule has 0 aliphatic carbocycles. The van der Waals surface area contributed by atoms with Crippen LogP contribution in [0.25, 0.3) is 0 Å². The van der Waals surface area contributed by atoms with E-state index in [0.29, 0.717) is 6.42 Å². The van der Waals surface area contributed by atoms with Gasteiger partial charge in [0, 0.05) is 27.2 Å². The highest BCUT2D eigenvalue weighted by Crippen LogP contribution is 2.44. The van der Waals surface area contributed by atoms with Crippen molar-refractivity contribution in [1.29, 1.82) is 0 Å². The van der Waals surface area contributed by atoms with Crippen LogP contribution in [0.1, 0.15) is 27.6 Å². The molecular weight excluding hydrogens is 264 g/mol. The Morgan fingerprint density at radius 3 is 2.78 bits per heavy atom. The number of fused-ring (bicyclic) bond motifs is 1. The van der Waals surface area contributed by atoms with Gasteiger partial charge in [-0.2, -0.15) is 0 Å². The minimum Gasteiger partial charge on any atom is -0.294 e. The summed E-state index contributed by atoms with van der Waals surface area (Å²) in [5.74, 6) is 0.217. The molecule has 0 amide bonds. The number of carbonyl (C=O) groups excluding carboxylic acids is 1. The number of ketones is 1. The van der Waals surface area contributed by atoms with E-state index in [1.165, 1.54) is 0 Å². The van der Waals surface area contributed by atoms with Gasteiger partial charge < -0.3 is 0 Å². The van der Waals surface area contributed by atoms with Crippen LogP contribution in [0.4, 0.5) is 0 Å². The van der Waals surface area contributed by atoms with Gasteiger partial charge in [-0.15, -0.1) is 11.8 Å². The summed E-state index contributed by atoms with van der Waals surface area (Å²) in [4.78, 5) is 13.2. The third-order valence-electron chi connectivity index (χ3n) is 3.05. The summed E-state index contributed by atoms with van der Waals surface area (Å²) in [7, 11) is 0. The minimum absolute atomic E-state index is 0.172. The van der Waals surface area contributed by atoms with Crippen molar-refractivity contribution in [3.05, 3.63) is 64.7 Å². The normalized spacial score (nSPS) is 18.5. The lowest BCUT2D eigenvalue weighted by atomic mass is 10.0. The van der Waals surface area contributed by atoms with Gasteiger partial charge in [-0.3, -0.25) is 4.79 Å². The number of hydrogen-bond donors (Lipinski definition) is 0. The van der Waals surface area contributed by atoms with Crippen LogP contribution in [0.5, 0.6) is 0 Å². The van der Waals surface area contributed by atoms with Gasteiger partial charge in [-0.05, 0) is 23.8 Å². The predicted molar refractivity (Wildman–Crippen MR) is 75.4 cm³/mol. The maximum Gasteiger partial charge on any atom is 0.165 e. The first kappa shape index (κ1) is 11.8. The lowest BCUT2D eigenvalue weighted by Gasteiger charge is -2.23. The molecule has 3 heteroatoms. The summed E-state index contributed by atoms with van der Waals surface area (Å²) >= 11 is 7.75. The third-order valence-corrected chi connectivity index (χ3v) is 4.62. The van der Waals surface area contributed by atoms with Crippen molar-refractivity contribution in [2.24, 2.45) is 0 Å². The minimum atomic E-state index is 0.172. The second-order valence-corrected chi connectivity index (χ2v) is 5.97. The monoisotopic (exact) mass is 274 g/mol. The fraction of sp³-hybridized carbons (Fsp3) is 0.133. The van der Waals surface area contributed by atoms with Crippen LogP contribution in [-0.4, -0.2) is 5.78 Å². The zero-order chi connectivity index (χ0) is 12.5. The predicted octanol–water partition coefficient (Wildman–Crippen LogP) is 4.76. The van der Waals surface area contributed by atoms with E-state index in [-0.39, 0.29) is 11.0 Å². The van der Waals surface area contributed by atoms with Gasteiger partial charge in [-0.1, -0.05) is 41.9 Å². The fourth-order valence-corrected chi connectivity index (χ4v) is 3.65. The van der Waals surface area contributed by atoms with Crippen molar-refractivity contribution in [2.45, 2.75) is 16.6 Å². The lowest BCUT2D eigenvalue weighted by Crippen LogP contribution is -2.11. The second-order valence-electron chi connectivity index (χ2n) is 4.28. The van der Waals surface area contributed by atoms with Crippen molar-refractivity contribution in [3.8, 4) is 0 Å². The Bertz CT molecular complexity index is 609. The molecule has 0 spiro atoms. The lowest BCUT2D eigenvalue weighted by molar-refractivity contribution is 0.0976.